The molecule has 0 unspecified atom stereocenters. The fourth-order valence-corrected chi connectivity index (χ4v) is 2.73. The first-order valence-electron chi connectivity index (χ1n) is 7.72. The van der Waals surface area contributed by atoms with Crippen molar-refractivity contribution < 1.29 is 4.79 Å². The van der Waals surface area contributed by atoms with Gasteiger partial charge in [0.05, 0.1) is 0 Å². The molecular formula is C20H28O. The smallest absolute Gasteiger partial charge is 0.145 e. The first-order valence-corrected chi connectivity index (χ1v) is 7.72. The number of aldehydes is 1. The molecule has 1 heteroatoms. The van der Waals surface area contributed by atoms with E-state index in [0.29, 0.717) is 5.41 Å². The molecule has 21 heavy (non-hydrogen) atoms. The summed E-state index contributed by atoms with van der Waals surface area (Å²) in [5.41, 5.74) is 5.25. The summed E-state index contributed by atoms with van der Waals surface area (Å²) in [6.45, 7) is 10.8. The van der Waals surface area contributed by atoms with Crippen LogP contribution in [0.5, 0.6) is 0 Å². The Kier molecular flexibility index (Phi) is 6.61. The first-order chi connectivity index (χ1) is 9.86. The van der Waals surface area contributed by atoms with Crippen LogP contribution in [0.1, 0.15) is 53.9 Å². The second-order valence-electron chi connectivity index (χ2n) is 6.59. The van der Waals surface area contributed by atoms with Crippen LogP contribution in [0.3, 0.4) is 0 Å². The van der Waals surface area contributed by atoms with Crippen LogP contribution in [0, 0.1) is 5.41 Å². The maximum absolute atomic E-state index is 10.5. The number of carbonyl (C=O) groups excluding carboxylic acids is 1. The molecule has 0 aromatic rings. The maximum Gasteiger partial charge on any atom is 0.145 e. The SMILES string of the molecule is CC(C=O)=CC=CC=C(C)C=CC1=C(C)CCCC1(C)C. The lowest BCUT2D eigenvalue weighted by Gasteiger charge is -2.32. The van der Waals surface area contributed by atoms with Crippen LogP contribution in [0.25, 0.3) is 0 Å². The molecule has 0 aromatic heterocycles. The summed E-state index contributed by atoms with van der Waals surface area (Å²) < 4.78 is 0. The molecule has 0 saturated heterocycles. The number of hydrogen-bond acceptors (Lipinski definition) is 1. The van der Waals surface area contributed by atoms with E-state index in [9.17, 15) is 4.79 Å². The third-order valence-electron chi connectivity index (χ3n) is 4.07. The molecule has 1 aliphatic rings. The zero-order chi connectivity index (χ0) is 15.9. The van der Waals surface area contributed by atoms with Crippen LogP contribution in [0.4, 0.5) is 0 Å². The predicted molar refractivity (Wildman–Crippen MR) is 92.2 cm³/mol. The standard InChI is InChI=1S/C20H28O/c1-16(9-6-7-10-17(2)15-21)12-13-19-18(3)11-8-14-20(19,4)5/h6-7,9-10,12-13,15H,8,11,14H2,1-5H3. The first kappa shape index (κ1) is 17.4. The van der Waals surface area contributed by atoms with Crippen LogP contribution in [-0.4, -0.2) is 6.29 Å². The average Bonchev–Trinajstić information content (AvgIpc) is 2.42. The summed E-state index contributed by atoms with van der Waals surface area (Å²) in [7, 11) is 0. The summed E-state index contributed by atoms with van der Waals surface area (Å²) in [5, 5.41) is 0. The number of rotatable bonds is 5. The van der Waals surface area contributed by atoms with Gasteiger partial charge in [-0.25, -0.2) is 0 Å². The fraction of sp³-hybridized carbons (Fsp3) is 0.450. The average molecular weight is 284 g/mol. The van der Waals surface area contributed by atoms with Crippen LogP contribution in [0.2, 0.25) is 0 Å². The van der Waals surface area contributed by atoms with Gasteiger partial charge in [-0.1, -0.05) is 61.4 Å². The van der Waals surface area contributed by atoms with Crippen LogP contribution >= 0.6 is 0 Å². The molecule has 1 aliphatic carbocycles. The fourth-order valence-electron chi connectivity index (χ4n) is 2.73. The third-order valence-corrected chi connectivity index (χ3v) is 4.07. The van der Waals surface area contributed by atoms with Gasteiger partial charge in [0.15, 0.2) is 0 Å². The van der Waals surface area contributed by atoms with E-state index in [-0.39, 0.29) is 0 Å². The molecule has 0 bridgehead atoms. The minimum atomic E-state index is 0.290. The van der Waals surface area contributed by atoms with Crippen molar-refractivity contribution >= 4 is 6.29 Å². The van der Waals surface area contributed by atoms with E-state index in [1.807, 2.05) is 18.2 Å². The molecule has 0 heterocycles. The van der Waals surface area contributed by atoms with Gasteiger partial charge >= 0.3 is 0 Å². The van der Waals surface area contributed by atoms with E-state index in [0.717, 1.165) is 11.9 Å². The van der Waals surface area contributed by atoms with Gasteiger partial charge in [-0.3, -0.25) is 4.79 Å². The van der Waals surface area contributed by atoms with Gasteiger partial charge in [0.2, 0.25) is 0 Å². The number of allylic oxidation sites excluding steroid dienone is 10. The minimum absolute atomic E-state index is 0.290. The van der Waals surface area contributed by atoms with E-state index >= 15 is 0 Å². The minimum Gasteiger partial charge on any atom is -0.298 e. The molecule has 1 nitrogen and oxygen atoms in total. The van der Waals surface area contributed by atoms with Crippen LogP contribution < -0.4 is 0 Å². The van der Waals surface area contributed by atoms with E-state index < -0.39 is 0 Å². The molecule has 0 spiro atoms. The van der Waals surface area contributed by atoms with E-state index in [1.54, 1.807) is 6.92 Å². The van der Waals surface area contributed by atoms with Crippen molar-refractivity contribution in [2.75, 3.05) is 0 Å². The van der Waals surface area contributed by atoms with Crippen molar-refractivity contribution in [3.8, 4) is 0 Å². The van der Waals surface area contributed by atoms with Gasteiger partial charge < -0.3 is 0 Å². The molecule has 0 aliphatic heterocycles. The zero-order valence-electron chi connectivity index (χ0n) is 14.1. The monoisotopic (exact) mass is 284 g/mol. The van der Waals surface area contributed by atoms with Crippen molar-refractivity contribution in [1.82, 2.24) is 0 Å². The van der Waals surface area contributed by atoms with Gasteiger partial charge in [0.1, 0.15) is 6.29 Å². The summed E-state index contributed by atoms with van der Waals surface area (Å²) in [6.07, 6.45) is 16.9. The lowest BCUT2D eigenvalue weighted by atomic mass is 9.72. The molecule has 1 rings (SSSR count). The Morgan fingerprint density at radius 3 is 2.29 bits per heavy atom. The molecule has 0 radical (unpaired) electrons. The second kappa shape index (κ2) is 7.97. The highest BCUT2D eigenvalue weighted by Crippen LogP contribution is 2.40. The van der Waals surface area contributed by atoms with Gasteiger partial charge in [0, 0.05) is 0 Å². The Bertz CT molecular complexity index is 522. The lowest BCUT2D eigenvalue weighted by molar-refractivity contribution is -0.104. The van der Waals surface area contributed by atoms with E-state index in [4.69, 9.17) is 0 Å². The van der Waals surface area contributed by atoms with Crippen LogP contribution in [-0.2, 0) is 4.79 Å². The van der Waals surface area contributed by atoms with Crippen LogP contribution in [0.15, 0.2) is 58.7 Å². The van der Waals surface area contributed by atoms with Crippen molar-refractivity contribution in [2.45, 2.75) is 53.9 Å². The Labute approximate surface area is 129 Å². The molecular weight excluding hydrogens is 256 g/mol. The Hall–Kier alpha value is -1.63. The quantitative estimate of drug-likeness (QED) is 0.358. The highest BCUT2D eigenvalue weighted by atomic mass is 16.1. The number of hydrogen-bond donors (Lipinski definition) is 0. The largest absolute Gasteiger partial charge is 0.298 e. The molecule has 0 N–H and O–H groups in total. The molecule has 0 saturated carbocycles. The highest BCUT2D eigenvalue weighted by molar-refractivity contribution is 5.72. The van der Waals surface area contributed by atoms with Gasteiger partial charge in [-0.05, 0) is 56.6 Å². The summed E-state index contributed by atoms with van der Waals surface area (Å²) in [5.74, 6) is 0. The Morgan fingerprint density at radius 2 is 1.71 bits per heavy atom. The summed E-state index contributed by atoms with van der Waals surface area (Å²) >= 11 is 0. The third kappa shape index (κ3) is 5.71. The molecule has 0 atom stereocenters. The molecule has 114 valence electrons. The van der Waals surface area contributed by atoms with Crippen molar-refractivity contribution in [3.63, 3.8) is 0 Å². The van der Waals surface area contributed by atoms with Gasteiger partial charge in [-0.15, -0.1) is 0 Å². The van der Waals surface area contributed by atoms with Crippen molar-refractivity contribution in [1.29, 1.82) is 0 Å². The van der Waals surface area contributed by atoms with Crippen molar-refractivity contribution in [3.05, 3.63) is 58.7 Å². The van der Waals surface area contributed by atoms with Crippen molar-refractivity contribution in [2.24, 2.45) is 5.41 Å². The Balaban J connectivity index is 2.77. The van der Waals surface area contributed by atoms with Gasteiger partial charge in [0.25, 0.3) is 0 Å². The predicted octanol–water partition coefficient (Wildman–Crippen LogP) is 5.72. The topological polar surface area (TPSA) is 17.1 Å². The summed E-state index contributed by atoms with van der Waals surface area (Å²) in [4.78, 5) is 10.5. The summed E-state index contributed by atoms with van der Waals surface area (Å²) in [6, 6.07) is 0. The molecule has 0 fully saturated rings. The molecule has 0 amide bonds. The normalized spacial score (nSPS) is 20.6. The van der Waals surface area contributed by atoms with E-state index in [2.05, 4.69) is 45.9 Å². The van der Waals surface area contributed by atoms with Gasteiger partial charge in [-0.2, -0.15) is 0 Å². The van der Waals surface area contributed by atoms with E-state index in [1.165, 1.54) is 36.0 Å². The zero-order valence-corrected chi connectivity index (χ0v) is 14.1. The second-order valence-corrected chi connectivity index (χ2v) is 6.59. The molecule has 0 aromatic carbocycles. The maximum atomic E-state index is 10.5. The lowest BCUT2D eigenvalue weighted by Crippen LogP contribution is -2.19. The highest BCUT2D eigenvalue weighted by Gasteiger charge is 2.26. The Morgan fingerprint density at radius 1 is 1.10 bits per heavy atom. The number of carbonyl (C=O) groups is 1.